The number of thioether (sulfide) groups is 1. The first-order chi connectivity index (χ1) is 11.8. The van der Waals surface area contributed by atoms with E-state index in [1.54, 1.807) is 0 Å². The second-order valence-electron chi connectivity index (χ2n) is 8.36. The lowest BCUT2D eigenvalue weighted by Crippen LogP contribution is -2.48. The van der Waals surface area contributed by atoms with Crippen LogP contribution < -0.4 is 0 Å². The molecule has 0 aromatic heterocycles. The standard InChI is InChI=1S/C20H33NO2S/c22-20(19-13-15-7-4-5-11-18(15)23-19)21(14-17-10-6-12-24-17)16-8-2-1-3-9-16/h15-19H,1-14H2. The SMILES string of the molecule is O=C(C1CC2CCCCC2O1)N(CC1CCCS1)C1CCCCC1. The van der Waals surface area contributed by atoms with Crippen LogP contribution in [0.25, 0.3) is 0 Å². The molecule has 0 bridgehead atoms. The Morgan fingerprint density at radius 1 is 0.958 bits per heavy atom. The van der Waals surface area contributed by atoms with Crippen LogP contribution >= 0.6 is 11.8 Å². The number of ether oxygens (including phenoxy) is 1. The van der Waals surface area contributed by atoms with Crippen LogP contribution in [0.2, 0.25) is 0 Å². The number of carbonyl (C=O) groups excluding carboxylic acids is 1. The predicted molar refractivity (Wildman–Crippen MR) is 99.3 cm³/mol. The summed E-state index contributed by atoms with van der Waals surface area (Å²) < 4.78 is 6.27. The largest absolute Gasteiger partial charge is 0.365 e. The van der Waals surface area contributed by atoms with Crippen molar-refractivity contribution >= 4 is 17.7 Å². The molecule has 0 aromatic carbocycles. The Bertz CT molecular complexity index is 417. The van der Waals surface area contributed by atoms with Crippen LogP contribution in [-0.2, 0) is 9.53 Å². The third-order valence-electron chi connectivity index (χ3n) is 6.69. The molecule has 1 amide bonds. The van der Waals surface area contributed by atoms with E-state index >= 15 is 0 Å². The van der Waals surface area contributed by atoms with Crippen LogP contribution in [0.4, 0.5) is 0 Å². The molecule has 2 aliphatic carbocycles. The third kappa shape index (κ3) is 3.80. The van der Waals surface area contributed by atoms with E-state index in [0.29, 0.717) is 29.2 Å². The molecule has 0 N–H and O–H groups in total. The summed E-state index contributed by atoms with van der Waals surface area (Å²) in [5.74, 6) is 2.27. The Morgan fingerprint density at radius 3 is 2.50 bits per heavy atom. The molecule has 2 saturated heterocycles. The van der Waals surface area contributed by atoms with Crippen molar-refractivity contribution in [2.24, 2.45) is 5.92 Å². The van der Waals surface area contributed by atoms with Crippen LogP contribution in [0.3, 0.4) is 0 Å². The summed E-state index contributed by atoms with van der Waals surface area (Å²) in [5.41, 5.74) is 0. The number of carbonyl (C=O) groups is 1. The zero-order chi connectivity index (χ0) is 16.4. The molecular formula is C20H33NO2S. The van der Waals surface area contributed by atoms with Crippen LogP contribution in [0.15, 0.2) is 0 Å². The highest BCUT2D eigenvalue weighted by Crippen LogP contribution is 2.39. The quantitative estimate of drug-likeness (QED) is 0.752. The van der Waals surface area contributed by atoms with Gasteiger partial charge in [-0.15, -0.1) is 0 Å². The van der Waals surface area contributed by atoms with Crippen molar-refractivity contribution in [1.29, 1.82) is 0 Å². The van der Waals surface area contributed by atoms with Gasteiger partial charge in [-0.25, -0.2) is 0 Å². The number of fused-ring (bicyclic) bond motifs is 1. The van der Waals surface area contributed by atoms with Crippen LogP contribution in [0.5, 0.6) is 0 Å². The number of rotatable bonds is 4. The molecule has 2 saturated carbocycles. The summed E-state index contributed by atoms with van der Waals surface area (Å²) in [7, 11) is 0. The normalized spacial score (nSPS) is 37.3. The second kappa shape index (κ2) is 7.99. The zero-order valence-electron chi connectivity index (χ0n) is 15.0. The molecule has 0 radical (unpaired) electrons. The molecule has 2 heterocycles. The van der Waals surface area contributed by atoms with Gasteiger partial charge < -0.3 is 9.64 Å². The van der Waals surface area contributed by atoms with Crippen LogP contribution in [-0.4, -0.2) is 46.6 Å². The smallest absolute Gasteiger partial charge is 0.252 e. The topological polar surface area (TPSA) is 29.5 Å². The van der Waals surface area contributed by atoms with E-state index in [2.05, 4.69) is 16.7 Å². The fourth-order valence-electron chi connectivity index (χ4n) is 5.33. The van der Waals surface area contributed by atoms with Gasteiger partial charge in [-0.05, 0) is 56.6 Å². The van der Waals surface area contributed by atoms with Crippen molar-refractivity contribution in [1.82, 2.24) is 4.90 Å². The maximum Gasteiger partial charge on any atom is 0.252 e. The van der Waals surface area contributed by atoms with Gasteiger partial charge in [0.2, 0.25) is 0 Å². The lowest BCUT2D eigenvalue weighted by atomic mass is 9.85. The maximum atomic E-state index is 13.4. The van der Waals surface area contributed by atoms with Crippen molar-refractivity contribution in [2.45, 2.75) is 101 Å². The highest BCUT2D eigenvalue weighted by molar-refractivity contribution is 8.00. The van der Waals surface area contributed by atoms with E-state index in [4.69, 9.17) is 4.74 Å². The molecular weight excluding hydrogens is 318 g/mol. The lowest BCUT2D eigenvalue weighted by molar-refractivity contribution is -0.146. The van der Waals surface area contributed by atoms with Gasteiger partial charge >= 0.3 is 0 Å². The zero-order valence-corrected chi connectivity index (χ0v) is 15.8. The summed E-state index contributed by atoms with van der Waals surface area (Å²) in [5, 5.41) is 0.666. The summed E-state index contributed by atoms with van der Waals surface area (Å²) in [6.07, 6.45) is 15.3. The van der Waals surface area contributed by atoms with Gasteiger partial charge in [-0.1, -0.05) is 32.1 Å². The monoisotopic (exact) mass is 351 g/mol. The van der Waals surface area contributed by atoms with E-state index in [0.717, 1.165) is 13.0 Å². The van der Waals surface area contributed by atoms with Gasteiger partial charge in [0.25, 0.3) is 5.91 Å². The molecule has 4 rings (SSSR count). The van der Waals surface area contributed by atoms with Gasteiger partial charge in [0.1, 0.15) is 6.10 Å². The van der Waals surface area contributed by atoms with Crippen molar-refractivity contribution in [3.05, 3.63) is 0 Å². The van der Waals surface area contributed by atoms with Crippen molar-refractivity contribution < 1.29 is 9.53 Å². The minimum absolute atomic E-state index is 0.133. The number of hydrogen-bond acceptors (Lipinski definition) is 3. The number of nitrogens with zero attached hydrogens (tertiary/aromatic N) is 1. The van der Waals surface area contributed by atoms with E-state index in [1.165, 1.54) is 76.4 Å². The van der Waals surface area contributed by atoms with Gasteiger partial charge in [0.15, 0.2) is 0 Å². The molecule has 4 aliphatic rings. The average molecular weight is 352 g/mol. The van der Waals surface area contributed by atoms with E-state index in [1.807, 2.05) is 0 Å². The molecule has 4 atom stereocenters. The number of hydrogen-bond donors (Lipinski definition) is 0. The number of amides is 1. The second-order valence-corrected chi connectivity index (χ2v) is 9.77. The Labute approximate surface area is 151 Å². The van der Waals surface area contributed by atoms with Gasteiger partial charge in [-0.2, -0.15) is 11.8 Å². The summed E-state index contributed by atoms with van der Waals surface area (Å²) in [4.78, 5) is 15.6. The minimum atomic E-state index is -0.133. The first-order valence-corrected chi connectivity index (χ1v) is 11.4. The predicted octanol–water partition coefficient (Wildman–Crippen LogP) is 4.39. The molecule has 4 unspecified atom stereocenters. The van der Waals surface area contributed by atoms with Gasteiger partial charge in [-0.3, -0.25) is 4.79 Å². The fourth-order valence-corrected chi connectivity index (χ4v) is 6.59. The fraction of sp³-hybridized carbons (Fsp3) is 0.950. The van der Waals surface area contributed by atoms with Crippen LogP contribution in [0.1, 0.15) is 77.0 Å². The molecule has 0 aromatic rings. The van der Waals surface area contributed by atoms with Gasteiger partial charge in [0, 0.05) is 17.8 Å². The Kier molecular flexibility index (Phi) is 5.73. The first kappa shape index (κ1) is 17.2. The van der Waals surface area contributed by atoms with Gasteiger partial charge in [0.05, 0.1) is 6.10 Å². The van der Waals surface area contributed by atoms with E-state index < -0.39 is 0 Å². The third-order valence-corrected chi connectivity index (χ3v) is 8.07. The summed E-state index contributed by atoms with van der Waals surface area (Å²) in [6.45, 7) is 0.976. The molecule has 4 heteroatoms. The minimum Gasteiger partial charge on any atom is -0.365 e. The Hall–Kier alpha value is -0.220. The average Bonchev–Trinajstić information content (AvgIpc) is 3.29. The van der Waals surface area contributed by atoms with Crippen molar-refractivity contribution in [3.8, 4) is 0 Å². The molecule has 24 heavy (non-hydrogen) atoms. The van der Waals surface area contributed by atoms with Crippen LogP contribution in [0, 0.1) is 5.92 Å². The Balaban J connectivity index is 1.43. The molecule has 0 spiro atoms. The molecule has 3 nitrogen and oxygen atoms in total. The highest BCUT2D eigenvalue weighted by Gasteiger charge is 2.42. The first-order valence-electron chi connectivity index (χ1n) is 10.4. The molecule has 4 fully saturated rings. The highest BCUT2D eigenvalue weighted by atomic mass is 32.2. The van der Waals surface area contributed by atoms with E-state index in [9.17, 15) is 4.79 Å². The molecule has 2 aliphatic heterocycles. The van der Waals surface area contributed by atoms with Crippen molar-refractivity contribution in [2.75, 3.05) is 12.3 Å². The summed E-state index contributed by atoms with van der Waals surface area (Å²) in [6, 6.07) is 0.485. The maximum absolute atomic E-state index is 13.4. The summed E-state index contributed by atoms with van der Waals surface area (Å²) >= 11 is 2.08. The van der Waals surface area contributed by atoms with Crippen molar-refractivity contribution in [3.63, 3.8) is 0 Å². The van der Waals surface area contributed by atoms with E-state index in [-0.39, 0.29) is 6.10 Å². The lowest BCUT2D eigenvalue weighted by Gasteiger charge is -2.37. The molecule has 136 valence electrons. The Morgan fingerprint density at radius 2 is 1.75 bits per heavy atom.